The molecule has 0 saturated carbocycles. The molecule has 3 aromatic rings. The fourth-order valence-corrected chi connectivity index (χ4v) is 3.66. The van der Waals surface area contributed by atoms with Gasteiger partial charge < -0.3 is 15.4 Å². The first-order valence-corrected chi connectivity index (χ1v) is 11.7. The molecular formula is C27H23BrFN3O3. The Morgan fingerprint density at radius 3 is 2.49 bits per heavy atom. The van der Waals surface area contributed by atoms with Crippen LogP contribution in [0.25, 0.3) is 6.08 Å². The molecule has 178 valence electrons. The van der Waals surface area contributed by atoms with E-state index in [2.05, 4.69) is 26.6 Å². The first-order valence-electron chi connectivity index (χ1n) is 10.9. The van der Waals surface area contributed by atoms with Crippen molar-refractivity contribution >= 4 is 39.5 Å². The number of carbonyl (C=O) groups excluding carboxylic acids is 2. The molecule has 3 aromatic carbocycles. The zero-order valence-corrected chi connectivity index (χ0v) is 20.3. The summed E-state index contributed by atoms with van der Waals surface area (Å²) in [5.74, 6) is -0.810. The highest BCUT2D eigenvalue weighted by Gasteiger charge is 2.11. The van der Waals surface area contributed by atoms with Gasteiger partial charge in [-0.15, -0.1) is 0 Å². The standard InChI is InChI=1S/C27H23BrFN3O3/c28-24-16-20(8-13-25(24)35-18-26(33)32-23-11-9-22(29)10-12-23)15-21(17-30)27(34)31-14-4-7-19-5-2-1-3-6-19/h1-3,5-6,8-13,15-16H,4,7,14,18H2,(H,31,34)(H,32,33)/b21-15-. The summed E-state index contributed by atoms with van der Waals surface area (Å²) >= 11 is 3.38. The summed E-state index contributed by atoms with van der Waals surface area (Å²) in [5, 5.41) is 14.8. The van der Waals surface area contributed by atoms with Gasteiger partial charge in [-0.25, -0.2) is 4.39 Å². The fourth-order valence-electron chi connectivity index (χ4n) is 3.15. The van der Waals surface area contributed by atoms with Crippen LogP contribution in [0.2, 0.25) is 0 Å². The number of hydrogen-bond acceptors (Lipinski definition) is 4. The predicted octanol–water partition coefficient (Wildman–Crippen LogP) is 5.26. The SMILES string of the molecule is N#C/C(=C/c1ccc(OCC(=O)Nc2ccc(F)cc2)c(Br)c1)C(=O)NCCCc1ccccc1. The van der Waals surface area contributed by atoms with Crippen molar-refractivity contribution < 1.29 is 18.7 Å². The number of carbonyl (C=O) groups is 2. The zero-order chi connectivity index (χ0) is 25.0. The predicted molar refractivity (Wildman–Crippen MR) is 136 cm³/mol. The molecular weight excluding hydrogens is 513 g/mol. The largest absolute Gasteiger partial charge is 0.483 e. The maximum absolute atomic E-state index is 13.0. The van der Waals surface area contributed by atoms with E-state index >= 15 is 0 Å². The van der Waals surface area contributed by atoms with Crippen LogP contribution < -0.4 is 15.4 Å². The minimum absolute atomic E-state index is 0.0102. The van der Waals surface area contributed by atoms with Crippen LogP contribution in [0.1, 0.15) is 17.5 Å². The third-order valence-corrected chi connectivity index (χ3v) is 5.51. The lowest BCUT2D eigenvalue weighted by molar-refractivity contribution is -0.118. The van der Waals surface area contributed by atoms with Crippen LogP contribution in [0.4, 0.5) is 10.1 Å². The van der Waals surface area contributed by atoms with Gasteiger partial charge in [-0.1, -0.05) is 36.4 Å². The van der Waals surface area contributed by atoms with E-state index in [9.17, 15) is 19.2 Å². The number of rotatable bonds is 10. The van der Waals surface area contributed by atoms with Crippen LogP contribution in [0.3, 0.4) is 0 Å². The molecule has 2 N–H and O–H groups in total. The minimum atomic E-state index is -0.436. The average Bonchev–Trinajstić information content (AvgIpc) is 2.86. The number of nitrogens with one attached hydrogen (secondary N) is 2. The maximum atomic E-state index is 13.0. The molecule has 6 nitrogen and oxygen atoms in total. The Morgan fingerprint density at radius 1 is 1.06 bits per heavy atom. The molecule has 0 heterocycles. The summed E-state index contributed by atoms with van der Waals surface area (Å²) in [4.78, 5) is 24.4. The highest BCUT2D eigenvalue weighted by molar-refractivity contribution is 9.10. The Morgan fingerprint density at radius 2 is 1.80 bits per heavy atom. The highest BCUT2D eigenvalue weighted by Crippen LogP contribution is 2.27. The van der Waals surface area contributed by atoms with Gasteiger partial charge in [-0.05, 0) is 82.4 Å². The molecule has 0 bridgehead atoms. The second-order valence-corrected chi connectivity index (χ2v) is 8.40. The van der Waals surface area contributed by atoms with Crippen LogP contribution in [0.15, 0.2) is 82.8 Å². The topological polar surface area (TPSA) is 91.2 Å². The number of nitriles is 1. The van der Waals surface area contributed by atoms with Crippen molar-refractivity contribution in [1.82, 2.24) is 5.32 Å². The molecule has 0 spiro atoms. The van der Waals surface area contributed by atoms with Crippen molar-refractivity contribution in [1.29, 1.82) is 5.26 Å². The lowest BCUT2D eigenvalue weighted by Gasteiger charge is -2.10. The smallest absolute Gasteiger partial charge is 0.262 e. The molecule has 8 heteroatoms. The molecule has 0 saturated heterocycles. The normalized spacial score (nSPS) is 10.8. The number of ether oxygens (including phenoxy) is 1. The van der Waals surface area contributed by atoms with Gasteiger partial charge in [-0.2, -0.15) is 5.26 Å². The first kappa shape index (κ1) is 25.7. The molecule has 0 aromatic heterocycles. The van der Waals surface area contributed by atoms with Gasteiger partial charge in [0.2, 0.25) is 0 Å². The van der Waals surface area contributed by atoms with Crippen molar-refractivity contribution in [2.24, 2.45) is 0 Å². The van der Waals surface area contributed by atoms with E-state index in [0.29, 0.717) is 28.0 Å². The van der Waals surface area contributed by atoms with Gasteiger partial charge in [0.15, 0.2) is 6.61 Å². The van der Waals surface area contributed by atoms with Crippen LogP contribution in [-0.4, -0.2) is 25.0 Å². The van der Waals surface area contributed by atoms with E-state index in [1.54, 1.807) is 18.2 Å². The number of nitrogens with zero attached hydrogens (tertiary/aromatic N) is 1. The number of amides is 2. The third-order valence-electron chi connectivity index (χ3n) is 4.89. The Labute approximate surface area is 211 Å². The monoisotopic (exact) mass is 535 g/mol. The summed E-state index contributed by atoms with van der Waals surface area (Å²) in [5.41, 5.74) is 2.26. The van der Waals surface area contributed by atoms with Gasteiger partial charge in [0.1, 0.15) is 23.2 Å². The van der Waals surface area contributed by atoms with Crippen molar-refractivity contribution in [2.45, 2.75) is 12.8 Å². The molecule has 0 radical (unpaired) electrons. The summed E-state index contributed by atoms with van der Waals surface area (Å²) in [6.07, 6.45) is 3.09. The molecule has 2 amide bonds. The van der Waals surface area contributed by atoms with Crippen LogP contribution in [0, 0.1) is 17.1 Å². The number of benzene rings is 3. The Kier molecular flexibility index (Phi) is 9.58. The summed E-state index contributed by atoms with van der Waals surface area (Å²) in [7, 11) is 0. The van der Waals surface area contributed by atoms with E-state index in [0.717, 1.165) is 12.8 Å². The van der Waals surface area contributed by atoms with Crippen LogP contribution in [0.5, 0.6) is 5.75 Å². The average molecular weight is 536 g/mol. The lowest BCUT2D eigenvalue weighted by Crippen LogP contribution is -2.25. The fraction of sp³-hybridized carbons (Fsp3) is 0.148. The number of halogens is 2. The van der Waals surface area contributed by atoms with Gasteiger partial charge in [0, 0.05) is 12.2 Å². The van der Waals surface area contributed by atoms with Crippen LogP contribution >= 0.6 is 15.9 Å². The van der Waals surface area contributed by atoms with E-state index in [-0.39, 0.29) is 12.2 Å². The number of hydrogen-bond donors (Lipinski definition) is 2. The number of anilines is 1. The molecule has 0 fully saturated rings. The lowest BCUT2D eigenvalue weighted by atomic mass is 10.1. The second-order valence-electron chi connectivity index (χ2n) is 7.55. The molecule has 0 aliphatic carbocycles. The quantitative estimate of drug-likeness (QED) is 0.210. The zero-order valence-electron chi connectivity index (χ0n) is 18.8. The Hall–Kier alpha value is -3.96. The molecule has 0 aliphatic heterocycles. The van der Waals surface area contributed by atoms with Crippen LogP contribution in [-0.2, 0) is 16.0 Å². The summed E-state index contributed by atoms with van der Waals surface area (Å²) < 4.78 is 19.0. The van der Waals surface area contributed by atoms with E-state index in [4.69, 9.17) is 4.74 Å². The van der Waals surface area contributed by atoms with Gasteiger partial charge in [0.25, 0.3) is 11.8 Å². The third kappa shape index (κ3) is 8.40. The van der Waals surface area contributed by atoms with Crippen molar-refractivity contribution in [3.63, 3.8) is 0 Å². The number of aryl methyl sites for hydroxylation is 1. The van der Waals surface area contributed by atoms with Gasteiger partial charge in [-0.3, -0.25) is 9.59 Å². The molecule has 3 rings (SSSR count). The van der Waals surface area contributed by atoms with Gasteiger partial charge >= 0.3 is 0 Å². The van der Waals surface area contributed by atoms with Crippen molar-refractivity contribution in [3.05, 3.63) is 99.8 Å². The van der Waals surface area contributed by atoms with Crippen molar-refractivity contribution in [3.8, 4) is 11.8 Å². The van der Waals surface area contributed by atoms with E-state index in [1.807, 2.05) is 36.4 Å². The summed E-state index contributed by atoms with van der Waals surface area (Å²) in [6.45, 7) is 0.212. The second kappa shape index (κ2) is 13.1. The Balaban J connectivity index is 1.51. The van der Waals surface area contributed by atoms with E-state index in [1.165, 1.54) is 35.9 Å². The molecule has 0 atom stereocenters. The molecule has 35 heavy (non-hydrogen) atoms. The summed E-state index contributed by atoms with van der Waals surface area (Å²) in [6, 6.07) is 22.3. The minimum Gasteiger partial charge on any atom is -0.483 e. The maximum Gasteiger partial charge on any atom is 0.262 e. The van der Waals surface area contributed by atoms with Crippen molar-refractivity contribution in [2.75, 3.05) is 18.5 Å². The molecule has 0 aliphatic rings. The Bertz CT molecular complexity index is 1240. The highest BCUT2D eigenvalue weighted by atomic mass is 79.9. The van der Waals surface area contributed by atoms with E-state index < -0.39 is 17.6 Å². The van der Waals surface area contributed by atoms with Gasteiger partial charge in [0.05, 0.1) is 4.47 Å². The molecule has 0 unspecified atom stereocenters. The first-order chi connectivity index (χ1) is 16.9.